The Kier molecular flexibility index (Phi) is 2.81. The highest BCUT2D eigenvalue weighted by molar-refractivity contribution is 6.33. The second-order valence-corrected chi connectivity index (χ2v) is 4.37. The first-order valence-electron chi connectivity index (χ1n) is 5.58. The van der Waals surface area contributed by atoms with Crippen LogP contribution in [-0.2, 0) is 9.47 Å². The largest absolute Gasteiger partial charge is 0.368 e. The van der Waals surface area contributed by atoms with Gasteiger partial charge in [0.25, 0.3) is 0 Å². The zero-order valence-electron chi connectivity index (χ0n) is 9.71. The smallest absolute Gasteiger partial charge is 0.223 e. The first-order chi connectivity index (χ1) is 8.65. The zero-order chi connectivity index (χ0) is 12.7. The molecule has 7 nitrogen and oxygen atoms in total. The van der Waals surface area contributed by atoms with Crippen LogP contribution in [0.4, 0.5) is 5.95 Å². The van der Waals surface area contributed by atoms with Gasteiger partial charge in [0, 0.05) is 6.42 Å². The average molecular weight is 270 g/mol. The number of fused-ring (bicyclic) bond motifs is 1. The second kappa shape index (κ2) is 4.34. The fraction of sp³-hybridized carbons (Fsp3) is 0.500. The lowest BCUT2D eigenvalue weighted by Crippen LogP contribution is -2.28. The number of nitrogens with zero attached hydrogens (tertiary/aromatic N) is 4. The molecule has 0 bridgehead atoms. The number of nitrogens with two attached hydrogens (primary N) is 1. The Labute approximate surface area is 108 Å². The van der Waals surface area contributed by atoms with Gasteiger partial charge in [-0.3, -0.25) is 4.57 Å². The third kappa shape index (κ3) is 1.90. The van der Waals surface area contributed by atoms with Crippen LogP contribution in [-0.4, -0.2) is 32.4 Å². The van der Waals surface area contributed by atoms with Crippen LogP contribution >= 0.6 is 11.6 Å². The molecule has 0 aliphatic carbocycles. The van der Waals surface area contributed by atoms with E-state index in [1.807, 2.05) is 6.92 Å². The number of ether oxygens (including phenoxy) is 2. The molecule has 0 radical (unpaired) electrons. The van der Waals surface area contributed by atoms with Crippen molar-refractivity contribution in [1.29, 1.82) is 0 Å². The van der Waals surface area contributed by atoms with Crippen molar-refractivity contribution >= 4 is 28.7 Å². The zero-order valence-corrected chi connectivity index (χ0v) is 10.5. The summed E-state index contributed by atoms with van der Waals surface area (Å²) in [6, 6.07) is 0. The van der Waals surface area contributed by atoms with Crippen molar-refractivity contribution in [3.8, 4) is 0 Å². The Morgan fingerprint density at radius 2 is 2.33 bits per heavy atom. The van der Waals surface area contributed by atoms with E-state index in [1.54, 1.807) is 10.9 Å². The van der Waals surface area contributed by atoms with E-state index >= 15 is 0 Å². The van der Waals surface area contributed by atoms with Crippen molar-refractivity contribution in [3.05, 3.63) is 11.5 Å². The van der Waals surface area contributed by atoms with Gasteiger partial charge in [-0.15, -0.1) is 0 Å². The lowest BCUT2D eigenvalue weighted by molar-refractivity contribution is -0.224. The molecule has 0 aromatic carbocycles. The van der Waals surface area contributed by atoms with Crippen molar-refractivity contribution in [2.45, 2.75) is 25.9 Å². The summed E-state index contributed by atoms with van der Waals surface area (Å²) in [4.78, 5) is 12.2. The van der Waals surface area contributed by atoms with Crippen molar-refractivity contribution in [1.82, 2.24) is 19.5 Å². The Morgan fingerprint density at radius 3 is 3.11 bits per heavy atom. The number of nitrogen functional groups attached to an aromatic ring is 1. The van der Waals surface area contributed by atoms with Crippen LogP contribution < -0.4 is 5.73 Å². The van der Waals surface area contributed by atoms with E-state index in [-0.39, 0.29) is 23.6 Å². The summed E-state index contributed by atoms with van der Waals surface area (Å²) in [6.07, 6.45) is 1.92. The van der Waals surface area contributed by atoms with Crippen molar-refractivity contribution in [3.63, 3.8) is 0 Å². The highest BCUT2D eigenvalue weighted by Gasteiger charge is 2.24. The maximum Gasteiger partial charge on any atom is 0.223 e. The molecule has 96 valence electrons. The van der Waals surface area contributed by atoms with E-state index in [0.29, 0.717) is 17.8 Å². The lowest BCUT2D eigenvalue weighted by Gasteiger charge is -2.28. The Morgan fingerprint density at radius 1 is 1.50 bits per heavy atom. The molecule has 0 saturated carbocycles. The minimum atomic E-state index is -0.254. The van der Waals surface area contributed by atoms with E-state index in [9.17, 15) is 0 Å². The minimum absolute atomic E-state index is 0.120. The highest BCUT2D eigenvalue weighted by atomic mass is 35.5. The van der Waals surface area contributed by atoms with Gasteiger partial charge in [-0.1, -0.05) is 11.6 Å². The number of hydrogen-bond acceptors (Lipinski definition) is 6. The standard InChI is InChI=1S/C10H12ClN5O2/c1-5-17-3-2-6(18-5)16-4-13-7-8(11)14-10(12)15-9(7)16/h4-6H,2-3H2,1H3,(H2,12,14,15). The van der Waals surface area contributed by atoms with E-state index in [0.717, 1.165) is 6.42 Å². The quantitative estimate of drug-likeness (QED) is 0.786. The van der Waals surface area contributed by atoms with Gasteiger partial charge in [0.2, 0.25) is 5.95 Å². The Bertz CT molecular complexity index is 587. The van der Waals surface area contributed by atoms with E-state index in [2.05, 4.69) is 15.0 Å². The molecule has 0 spiro atoms. The van der Waals surface area contributed by atoms with Gasteiger partial charge in [0.05, 0.1) is 12.9 Å². The summed E-state index contributed by atoms with van der Waals surface area (Å²) >= 11 is 5.97. The SMILES string of the molecule is CC1OCCC(n2cnc3c(Cl)nc(N)nc32)O1. The summed E-state index contributed by atoms with van der Waals surface area (Å²) in [5.41, 5.74) is 6.69. The molecule has 3 rings (SSSR count). The van der Waals surface area contributed by atoms with Crippen LogP contribution in [0.2, 0.25) is 5.15 Å². The van der Waals surface area contributed by atoms with E-state index < -0.39 is 0 Å². The molecule has 2 atom stereocenters. The summed E-state index contributed by atoms with van der Waals surface area (Å²) in [5.74, 6) is 0.120. The van der Waals surface area contributed by atoms with Gasteiger partial charge in [0.15, 0.2) is 17.1 Å². The average Bonchev–Trinajstić information content (AvgIpc) is 2.72. The molecule has 2 aromatic heterocycles. The third-order valence-electron chi connectivity index (χ3n) is 2.77. The molecule has 2 N–H and O–H groups in total. The molecule has 1 saturated heterocycles. The van der Waals surface area contributed by atoms with Crippen LogP contribution in [0.3, 0.4) is 0 Å². The summed E-state index contributed by atoms with van der Waals surface area (Å²) in [5, 5.41) is 0.247. The number of rotatable bonds is 1. The van der Waals surface area contributed by atoms with Gasteiger partial charge in [-0.2, -0.15) is 9.97 Å². The van der Waals surface area contributed by atoms with Gasteiger partial charge >= 0.3 is 0 Å². The first kappa shape index (κ1) is 11.6. The number of aromatic nitrogens is 4. The number of halogens is 1. The van der Waals surface area contributed by atoms with E-state index in [4.69, 9.17) is 26.8 Å². The fourth-order valence-electron chi connectivity index (χ4n) is 1.98. The number of imidazole rings is 1. The van der Waals surface area contributed by atoms with Crippen LogP contribution in [0, 0.1) is 0 Å². The van der Waals surface area contributed by atoms with Crippen LogP contribution in [0.25, 0.3) is 11.2 Å². The Hall–Kier alpha value is -1.44. The van der Waals surface area contributed by atoms with Gasteiger partial charge < -0.3 is 15.2 Å². The topological polar surface area (TPSA) is 88.1 Å². The molecule has 1 aliphatic rings. The van der Waals surface area contributed by atoms with E-state index in [1.165, 1.54) is 0 Å². The molecule has 8 heteroatoms. The maximum absolute atomic E-state index is 5.97. The minimum Gasteiger partial charge on any atom is -0.368 e. The predicted octanol–water partition coefficient (Wildman–Crippen LogP) is 1.34. The van der Waals surface area contributed by atoms with Gasteiger partial charge in [0.1, 0.15) is 11.7 Å². The predicted molar refractivity (Wildman–Crippen MR) is 64.9 cm³/mol. The van der Waals surface area contributed by atoms with Crippen molar-refractivity contribution < 1.29 is 9.47 Å². The second-order valence-electron chi connectivity index (χ2n) is 4.01. The highest BCUT2D eigenvalue weighted by Crippen LogP contribution is 2.27. The van der Waals surface area contributed by atoms with Gasteiger partial charge in [-0.25, -0.2) is 4.98 Å². The lowest BCUT2D eigenvalue weighted by atomic mass is 10.3. The molecule has 3 heterocycles. The molecule has 1 aliphatic heterocycles. The van der Waals surface area contributed by atoms with Crippen molar-refractivity contribution in [2.75, 3.05) is 12.3 Å². The maximum atomic E-state index is 5.97. The molecule has 18 heavy (non-hydrogen) atoms. The van der Waals surface area contributed by atoms with Crippen LogP contribution in [0.15, 0.2) is 6.33 Å². The van der Waals surface area contributed by atoms with Gasteiger partial charge in [-0.05, 0) is 6.92 Å². The molecule has 1 fully saturated rings. The molecular weight excluding hydrogens is 258 g/mol. The molecule has 0 amide bonds. The molecule has 2 unspecified atom stereocenters. The van der Waals surface area contributed by atoms with Crippen LogP contribution in [0.1, 0.15) is 19.6 Å². The van der Waals surface area contributed by atoms with Crippen molar-refractivity contribution in [2.24, 2.45) is 0 Å². The first-order valence-corrected chi connectivity index (χ1v) is 5.95. The normalized spacial score (nSPS) is 24.6. The summed E-state index contributed by atoms with van der Waals surface area (Å²) in [6.45, 7) is 2.47. The Balaban J connectivity index is 2.06. The third-order valence-corrected chi connectivity index (χ3v) is 3.04. The molecule has 2 aromatic rings. The monoisotopic (exact) mass is 269 g/mol. The summed E-state index contributed by atoms with van der Waals surface area (Å²) in [7, 11) is 0. The summed E-state index contributed by atoms with van der Waals surface area (Å²) < 4.78 is 12.8. The van der Waals surface area contributed by atoms with Crippen LogP contribution in [0.5, 0.6) is 0 Å². The number of hydrogen-bond donors (Lipinski definition) is 1. The fourth-order valence-corrected chi connectivity index (χ4v) is 2.20. The molecular formula is C10H12ClN5O2. The number of anilines is 1.